The van der Waals surface area contributed by atoms with Crippen molar-refractivity contribution >= 4 is 0 Å². The van der Waals surface area contributed by atoms with Gasteiger partial charge in [-0.05, 0) is 49.4 Å². The molecule has 1 aromatic carbocycles. The zero-order valence-electron chi connectivity index (χ0n) is 12.2. The minimum Gasteiger partial charge on any atom is -0.308 e. The minimum atomic E-state index is 0.0794. The van der Waals surface area contributed by atoms with Gasteiger partial charge < -0.3 is 5.32 Å². The summed E-state index contributed by atoms with van der Waals surface area (Å²) in [4.78, 5) is 4.17. The van der Waals surface area contributed by atoms with E-state index in [1.54, 1.807) is 0 Å². The van der Waals surface area contributed by atoms with Crippen LogP contribution in [0.5, 0.6) is 0 Å². The molecule has 0 fully saturated rings. The molecule has 0 saturated carbocycles. The highest BCUT2D eigenvalue weighted by Gasteiger charge is 2.18. The van der Waals surface area contributed by atoms with E-state index in [0.29, 0.717) is 0 Å². The summed E-state index contributed by atoms with van der Waals surface area (Å²) < 4.78 is 1.97. The smallest absolute Gasteiger partial charge is 0.0754 e. The van der Waals surface area contributed by atoms with E-state index in [-0.39, 0.29) is 6.04 Å². The summed E-state index contributed by atoms with van der Waals surface area (Å²) in [7, 11) is 1.97. The number of aryl methyl sites for hydroxylation is 1. The molecule has 2 heterocycles. The lowest BCUT2D eigenvalue weighted by atomic mass is 10.0. The summed E-state index contributed by atoms with van der Waals surface area (Å²) in [5.74, 6) is 0. The third-order valence-corrected chi connectivity index (χ3v) is 3.63. The van der Waals surface area contributed by atoms with Crippen molar-refractivity contribution in [2.75, 3.05) is 7.05 Å². The van der Waals surface area contributed by atoms with E-state index in [1.165, 1.54) is 5.56 Å². The zero-order chi connectivity index (χ0) is 14.7. The summed E-state index contributed by atoms with van der Waals surface area (Å²) in [6.07, 6.45) is 5.56. The Labute approximate surface area is 124 Å². The first-order valence-electron chi connectivity index (χ1n) is 6.98. The van der Waals surface area contributed by atoms with E-state index in [4.69, 9.17) is 0 Å². The molecule has 0 amide bonds. The van der Waals surface area contributed by atoms with Gasteiger partial charge in [0.1, 0.15) is 0 Å². The highest BCUT2D eigenvalue weighted by Crippen LogP contribution is 2.25. The largest absolute Gasteiger partial charge is 0.308 e. The fraction of sp³-hybridized carbons (Fsp3) is 0.176. The molecule has 1 unspecified atom stereocenters. The van der Waals surface area contributed by atoms with Gasteiger partial charge in [-0.1, -0.05) is 18.2 Å². The number of benzene rings is 1. The normalized spacial score (nSPS) is 12.3. The molecule has 3 rings (SSSR count). The molecule has 0 bridgehead atoms. The van der Waals surface area contributed by atoms with Gasteiger partial charge in [-0.3, -0.25) is 4.98 Å². The van der Waals surface area contributed by atoms with Crippen LogP contribution in [0.2, 0.25) is 0 Å². The molecule has 1 atom stereocenters. The lowest BCUT2D eigenvalue weighted by Crippen LogP contribution is -2.22. The van der Waals surface area contributed by atoms with Crippen molar-refractivity contribution in [3.8, 4) is 5.69 Å². The maximum absolute atomic E-state index is 4.47. The lowest BCUT2D eigenvalue weighted by molar-refractivity contribution is 0.634. The van der Waals surface area contributed by atoms with E-state index < -0.39 is 0 Å². The Morgan fingerprint density at radius 1 is 1.05 bits per heavy atom. The Morgan fingerprint density at radius 3 is 2.57 bits per heavy atom. The fourth-order valence-electron chi connectivity index (χ4n) is 2.59. The second-order valence-electron chi connectivity index (χ2n) is 4.96. The number of hydrogen-bond acceptors (Lipinski definition) is 3. The van der Waals surface area contributed by atoms with Gasteiger partial charge in [0.25, 0.3) is 0 Å². The number of aromatic nitrogens is 3. The van der Waals surface area contributed by atoms with Crippen LogP contribution < -0.4 is 5.32 Å². The summed E-state index contributed by atoms with van der Waals surface area (Å²) in [6.45, 7) is 2.08. The number of pyridine rings is 1. The molecule has 4 nitrogen and oxygen atoms in total. The number of nitrogens with one attached hydrogen (secondary N) is 1. The predicted molar refractivity (Wildman–Crippen MR) is 83.4 cm³/mol. The van der Waals surface area contributed by atoms with Crippen LogP contribution in [-0.2, 0) is 0 Å². The van der Waals surface area contributed by atoms with E-state index in [9.17, 15) is 0 Å². The van der Waals surface area contributed by atoms with Crippen LogP contribution in [0.3, 0.4) is 0 Å². The molecule has 0 aliphatic carbocycles. The molecule has 4 heteroatoms. The van der Waals surface area contributed by atoms with Gasteiger partial charge in [-0.25, -0.2) is 4.68 Å². The maximum atomic E-state index is 4.47. The molecule has 1 N–H and O–H groups in total. The van der Waals surface area contributed by atoms with Crippen LogP contribution in [0.4, 0.5) is 0 Å². The van der Waals surface area contributed by atoms with Crippen LogP contribution in [0.1, 0.15) is 22.9 Å². The van der Waals surface area contributed by atoms with Crippen molar-refractivity contribution in [1.82, 2.24) is 20.1 Å². The molecule has 0 spiro atoms. The van der Waals surface area contributed by atoms with Crippen LogP contribution in [0.15, 0.2) is 61.1 Å². The number of para-hydroxylation sites is 1. The maximum Gasteiger partial charge on any atom is 0.0754 e. The summed E-state index contributed by atoms with van der Waals surface area (Å²) in [5, 5.41) is 7.85. The standard InChI is InChI=1S/C17H18N4/c1-13-12-19-10-8-15(13)17(18-2)16-9-11-20-21(16)14-6-4-3-5-7-14/h3-12,17-18H,1-2H3. The first kappa shape index (κ1) is 13.5. The van der Waals surface area contributed by atoms with Crippen molar-refractivity contribution in [2.45, 2.75) is 13.0 Å². The van der Waals surface area contributed by atoms with Crippen LogP contribution in [0, 0.1) is 6.92 Å². The highest BCUT2D eigenvalue weighted by molar-refractivity contribution is 5.38. The van der Waals surface area contributed by atoms with Crippen molar-refractivity contribution < 1.29 is 0 Å². The first-order chi connectivity index (χ1) is 10.3. The van der Waals surface area contributed by atoms with Crippen molar-refractivity contribution in [3.63, 3.8) is 0 Å². The topological polar surface area (TPSA) is 42.7 Å². The quantitative estimate of drug-likeness (QED) is 0.798. The molecule has 0 radical (unpaired) electrons. The van der Waals surface area contributed by atoms with E-state index in [0.717, 1.165) is 16.9 Å². The van der Waals surface area contributed by atoms with Crippen LogP contribution in [-0.4, -0.2) is 21.8 Å². The Hall–Kier alpha value is -2.46. The average molecular weight is 278 g/mol. The molecule has 0 aliphatic heterocycles. The molecule has 3 aromatic rings. The summed E-state index contributed by atoms with van der Waals surface area (Å²) in [5.41, 5.74) is 4.55. The van der Waals surface area contributed by atoms with Gasteiger partial charge in [0, 0.05) is 18.6 Å². The Balaban J connectivity index is 2.08. The molecule has 2 aromatic heterocycles. The first-order valence-corrected chi connectivity index (χ1v) is 6.98. The van der Waals surface area contributed by atoms with Gasteiger partial charge in [0.2, 0.25) is 0 Å². The SMILES string of the molecule is CNC(c1ccncc1C)c1ccnn1-c1ccccc1. The molecule has 0 saturated heterocycles. The van der Waals surface area contributed by atoms with E-state index >= 15 is 0 Å². The second kappa shape index (κ2) is 5.89. The average Bonchev–Trinajstić information content (AvgIpc) is 3.00. The van der Waals surface area contributed by atoms with Gasteiger partial charge >= 0.3 is 0 Å². The van der Waals surface area contributed by atoms with E-state index in [2.05, 4.69) is 40.5 Å². The van der Waals surface area contributed by atoms with Crippen LogP contribution in [0.25, 0.3) is 5.69 Å². The Kier molecular flexibility index (Phi) is 3.79. The molecular formula is C17H18N4. The minimum absolute atomic E-state index is 0.0794. The number of rotatable bonds is 4. The zero-order valence-corrected chi connectivity index (χ0v) is 12.2. The van der Waals surface area contributed by atoms with Crippen molar-refractivity contribution in [2.24, 2.45) is 0 Å². The lowest BCUT2D eigenvalue weighted by Gasteiger charge is -2.20. The highest BCUT2D eigenvalue weighted by atomic mass is 15.3. The number of hydrogen-bond donors (Lipinski definition) is 1. The fourth-order valence-corrected chi connectivity index (χ4v) is 2.59. The van der Waals surface area contributed by atoms with Crippen molar-refractivity contribution in [3.05, 3.63) is 77.9 Å². The molecule has 106 valence electrons. The summed E-state index contributed by atoms with van der Waals surface area (Å²) >= 11 is 0. The van der Waals surface area contributed by atoms with Crippen LogP contribution >= 0.6 is 0 Å². The van der Waals surface area contributed by atoms with Gasteiger partial charge in [-0.15, -0.1) is 0 Å². The molecule has 0 aliphatic rings. The van der Waals surface area contributed by atoms with Crippen molar-refractivity contribution in [1.29, 1.82) is 0 Å². The summed E-state index contributed by atoms with van der Waals surface area (Å²) in [6, 6.07) is 14.4. The predicted octanol–water partition coefficient (Wildman–Crippen LogP) is 2.88. The second-order valence-corrected chi connectivity index (χ2v) is 4.96. The van der Waals surface area contributed by atoms with Gasteiger partial charge in [-0.2, -0.15) is 5.10 Å². The molecule has 21 heavy (non-hydrogen) atoms. The Bertz CT molecular complexity index is 718. The third kappa shape index (κ3) is 2.58. The molecular weight excluding hydrogens is 260 g/mol. The Morgan fingerprint density at radius 2 is 1.86 bits per heavy atom. The number of nitrogens with zero attached hydrogens (tertiary/aromatic N) is 3. The van der Waals surface area contributed by atoms with Gasteiger partial charge in [0.05, 0.1) is 17.4 Å². The van der Waals surface area contributed by atoms with E-state index in [1.807, 2.05) is 54.6 Å². The monoisotopic (exact) mass is 278 g/mol. The van der Waals surface area contributed by atoms with Gasteiger partial charge in [0.15, 0.2) is 0 Å². The third-order valence-electron chi connectivity index (χ3n) is 3.63.